The number of nitrogens with zero attached hydrogens (tertiary/aromatic N) is 5. The number of amides is 1. The molecule has 1 atom stereocenters. The van der Waals surface area contributed by atoms with Crippen molar-refractivity contribution in [3.8, 4) is 17.2 Å². The molecule has 39 heavy (non-hydrogen) atoms. The van der Waals surface area contributed by atoms with Crippen LogP contribution in [0.25, 0.3) is 17.2 Å². The third kappa shape index (κ3) is 7.20. The molecular weight excluding hydrogens is 513 g/mol. The summed E-state index contributed by atoms with van der Waals surface area (Å²) < 4.78 is 42.5. The maximum atomic E-state index is 13.8. The van der Waals surface area contributed by atoms with Crippen LogP contribution in [0, 0.1) is 5.41 Å². The molecule has 2 N–H and O–H groups in total. The number of carbonyl (C=O) groups excluding carboxylic acids is 1. The molecular formula is C27H31F3N6O3. The van der Waals surface area contributed by atoms with Crippen LogP contribution < -0.4 is 5.32 Å². The van der Waals surface area contributed by atoms with Crippen molar-refractivity contribution < 1.29 is 27.9 Å². The molecule has 0 radical (unpaired) electrons. The molecule has 3 heterocycles. The first-order valence-electron chi connectivity index (χ1n) is 12.7. The second-order valence-electron chi connectivity index (χ2n) is 10.5. The summed E-state index contributed by atoms with van der Waals surface area (Å²) in [7, 11) is 0. The second kappa shape index (κ2) is 11.5. The summed E-state index contributed by atoms with van der Waals surface area (Å²) in [4.78, 5) is 35.2. The number of carbonyl (C=O) groups is 2. The normalized spacial score (nSPS) is 16.5. The number of benzene rings is 1. The highest BCUT2D eigenvalue weighted by molar-refractivity contribution is 5.94. The highest BCUT2D eigenvalue weighted by atomic mass is 19.4. The van der Waals surface area contributed by atoms with E-state index in [-0.39, 0.29) is 34.7 Å². The minimum Gasteiger partial charge on any atom is -0.481 e. The van der Waals surface area contributed by atoms with Gasteiger partial charge in [-0.3, -0.25) is 9.59 Å². The van der Waals surface area contributed by atoms with Crippen LogP contribution in [-0.2, 0) is 11.0 Å². The number of hydrogen-bond acceptors (Lipinski definition) is 6. The van der Waals surface area contributed by atoms with Gasteiger partial charge in [0.2, 0.25) is 0 Å². The Labute approximate surface area is 224 Å². The van der Waals surface area contributed by atoms with Crippen LogP contribution >= 0.6 is 0 Å². The molecule has 1 fully saturated rings. The molecule has 1 aromatic carbocycles. The van der Waals surface area contributed by atoms with Crippen LogP contribution in [0.2, 0.25) is 0 Å². The fraction of sp³-hybridized carbons (Fsp3) is 0.444. The zero-order valence-corrected chi connectivity index (χ0v) is 21.8. The number of likely N-dealkylation sites (tertiary alicyclic amines) is 1. The van der Waals surface area contributed by atoms with E-state index in [1.165, 1.54) is 36.7 Å². The molecule has 0 spiro atoms. The molecule has 0 unspecified atom stereocenters. The molecule has 0 saturated carbocycles. The van der Waals surface area contributed by atoms with E-state index in [2.05, 4.69) is 39.1 Å². The number of aromatic nitrogens is 4. The number of hydrogen-bond donors (Lipinski definition) is 2. The summed E-state index contributed by atoms with van der Waals surface area (Å²) in [5.74, 6) is -1.78. The molecule has 1 aliphatic heterocycles. The zero-order chi connectivity index (χ0) is 28.2. The third-order valence-electron chi connectivity index (χ3n) is 6.72. The number of rotatable bonds is 9. The van der Waals surface area contributed by atoms with Gasteiger partial charge in [0.1, 0.15) is 0 Å². The summed E-state index contributed by atoms with van der Waals surface area (Å²) in [6.45, 7) is 6.77. The number of halogens is 3. The monoisotopic (exact) mass is 544 g/mol. The van der Waals surface area contributed by atoms with E-state index < -0.39 is 29.7 Å². The molecule has 12 heteroatoms. The topological polar surface area (TPSA) is 113 Å². The molecule has 3 aromatic rings. The average molecular weight is 545 g/mol. The third-order valence-corrected chi connectivity index (χ3v) is 6.72. The van der Waals surface area contributed by atoms with Crippen molar-refractivity contribution in [1.82, 2.24) is 30.0 Å². The molecule has 1 amide bonds. The van der Waals surface area contributed by atoms with Crippen molar-refractivity contribution in [3.05, 3.63) is 60.0 Å². The van der Waals surface area contributed by atoms with Crippen LogP contribution in [0.5, 0.6) is 0 Å². The van der Waals surface area contributed by atoms with E-state index >= 15 is 0 Å². The van der Waals surface area contributed by atoms with Gasteiger partial charge >= 0.3 is 12.1 Å². The van der Waals surface area contributed by atoms with Gasteiger partial charge in [0.25, 0.3) is 11.9 Å². The highest BCUT2D eigenvalue weighted by Crippen LogP contribution is 2.37. The van der Waals surface area contributed by atoms with Gasteiger partial charge in [0, 0.05) is 37.1 Å². The number of alkyl halides is 3. The van der Waals surface area contributed by atoms with Crippen LogP contribution in [0.4, 0.5) is 13.2 Å². The Morgan fingerprint density at radius 2 is 1.87 bits per heavy atom. The lowest BCUT2D eigenvalue weighted by atomic mass is 9.84. The average Bonchev–Trinajstić information content (AvgIpc) is 3.32. The SMILES string of the molecule is CC1(C)CCCN(CC[C@@H](CC(=O)O)NC(=O)c2cc(-c3ccccc3C(F)(F)F)n(-c3ncccn3)n2)C1. The molecule has 4 rings (SSSR count). The van der Waals surface area contributed by atoms with Crippen LogP contribution in [0.3, 0.4) is 0 Å². The first-order chi connectivity index (χ1) is 18.4. The van der Waals surface area contributed by atoms with Crippen molar-refractivity contribution in [2.75, 3.05) is 19.6 Å². The van der Waals surface area contributed by atoms with Gasteiger partial charge in [-0.2, -0.15) is 23.0 Å². The molecule has 0 aliphatic carbocycles. The summed E-state index contributed by atoms with van der Waals surface area (Å²) in [6.07, 6.45) is 0.440. The summed E-state index contributed by atoms with van der Waals surface area (Å²) in [5, 5.41) is 16.4. The maximum Gasteiger partial charge on any atom is 0.417 e. The minimum absolute atomic E-state index is 0.0154. The van der Waals surface area contributed by atoms with Crippen molar-refractivity contribution in [2.24, 2.45) is 5.41 Å². The maximum absolute atomic E-state index is 13.8. The van der Waals surface area contributed by atoms with E-state index in [4.69, 9.17) is 0 Å². The minimum atomic E-state index is -4.65. The lowest BCUT2D eigenvalue weighted by Crippen LogP contribution is -2.44. The predicted molar refractivity (Wildman–Crippen MR) is 137 cm³/mol. The van der Waals surface area contributed by atoms with E-state index in [9.17, 15) is 27.9 Å². The molecule has 208 valence electrons. The molecule has 2 aromatic heterocycles. The molecule has 0 bridgehead atoms. The first-order valence-corrected chi connectivity index (χ1v) is 12.7. The van der Waals surface area contributed by atoms with Crippen molar-refractivity contribution in [1.29, 1.82) is 0 Å². The van der Waals surface area contributed by atoms with Crippen molar-refractivity contribution in [3.63, 3.8) is 0 Å². The number of nitrogens with one attached hydrogen (secondary N) is 1. The Kier molecular flexibility index (Phi) is 8.34. The Hall–Kier alpha value is -3.80. The summed E-state index contributed by atoms with van der Waals surface area (Å²) in [6, 6.07) is 7.06. The van der Waals surface area contributed by atoms with Crippen LogP contribution in [0.15, 0.2) is 48.8 Å². The lowest BCUT2D eigenvalue weighted by molar-refractivity contribution is -0.138. The van der Waals surface area contributed by atoms with Crippen molar-refractivity contribution in [2.45, 2.75) is 51.7 Å². The molecule has 1 aliphatic rings. The number of carboxylic acid groups (broad SMARTS) is 1. The van der Waals surface area contributed by atoms with E-state index in [1.54, 1.807) is 6.07 Å². The van der Waals surface area contributed by atoms with Gasteiger partial charge in [-0.1, -0.05) is 32.0 Å². The number of piperidine rings is 1. The van der Waals surface area contributed by atoms with Gasteiger partial charge in [-0.15, -0.1) is 0 Å². The van der Waals surface area contributed by atoms with Crippen LogP contribution in [0.1, 0.15) is 55.6 Å². The zero-order valence-electron chi connectivity index (χ0n) is 21.8. The van der Waals surface area contributed by atoms with Gasteiger partial charge in [-0.25, -0.2) is 9.97 Å². The molecule has 9 nitrogen and oxygen atoms in total. The summed E-state index contributed by atoms with van der Waals surface area (Å²) in [5.41, 5.74) is -1.13. The van der Waals surface area contributed by atoms with Gasteiger partial charge in [0.05, 0.1) is 17.7 Å². The highest BCUT2D eigenvalue weighted by Gasteiger charge is 2.35. The Bertz CT molecular complexity index is 1310. The number of aliphatic carboxylic acids is 1. The lowest BCUT2D eigenvalue weighted by Gasteiger charge is -2.38. The second-order valence-corrected chi connectivity index (χ2v) is 10.5. The van der Waals surface area contributed by atoms with Gasteiger partial charge in [-0.05, 0) is 49.4 Å². The van der Waals surface area contributed by atoms with E-state index in [0.29, 0.717) is 13.0 Å². The predicted octanol–water partition coefficient (Wildman–Crippen LogP) is 4.43. The van der Waals surface area contributed by atoms with Gasteiger partial charge in [0.15, 0.2) is 5.69 Å². The fourth-order valence-electron chi connectivity index (χ4n) is 4.96. The quantitative estimate of drug-likeness (QED) is 0.410. The van der Waals surface area contributed by atoms with E-state index in [0.717, 1.165) is 36.7 Å². The summed E-state index contributed by atoms with van der Waals surface area (Å²) >= 11 is 0. The first kappa shape index (κ1) is 28.2. The van der Waals surface area contributed by atoms with E-state index in [1.807, 2.05) is 0 Å². The fourth-order valence-corrected chi connectivity index (χ4v) is 4.96. The number of carboxylic acids is 1. The molecule has 1 saturated heterocycles. The smallest absolute Gasteiger partial charge is 0.417 e. The Morgan fingerprint density at radius 1 is 1.15 bits per heavy atom. The standard InChI is InChI=1S/C27H31F3N6O3/c1-26(2)10-5-13-35(17-26)14-9-18(15-23(37)38)33-24(39)21-16-22(36(34-21)25-31-11-6-12-32-25)19-7-3-4-8-20(19)27(28,29)30/h3-4,6-8,11-12,16,18H,5,9-10,13-15,17H2,1-2H3,(H,33,39)(H,37,38)/t18-/m0/s1. The van der Waals surface area contributed by atoms with Crippen LogP contribution in [-0.4, -0.2) is 67.3 Å². The Balaban J connectivity index is 1.62. The Morgan fingerprint density at radius 3 is 2.54 bits per heavy atom. The van der Waals surface area contributed by atoms with Crippen molar-refractivity contribution >= 4 is 11.9 Å². The van der Waals surface area contributed by atoms with Gasteiger partial charge < -0.3 is 15.3 Å². The largest absolute Gasteiger partial charge is 0.481 e.